The summed E-state index contributed by atoms with van der Waals surface area (Å²) in [6.45, 7) is 0.579. The number of nitrogens with one attached hydrogen (secondary N) is 1. The summed E-state index contributed by atoms with van der Waals surface area (Å²) in [5.74, 6) is 0. The molecular weight excluding hydrogens is 216 g/mol. The van der Waals surface area contributed by atoms with Crippen LogP contribution in [0.4, 0.5) is 4.79 Å². The van der Waals surface area contributed by atoms with E-state index in [4.69, 9.17) is 16.3 Å². The first kappa shape index (κ1) is 10.3. The third kappa shape index (κ3) is 2.22. The van der Waals surface area contributed by atoms with E-state index in [-0.39, 0.29) is 6.10 Å². The van der Waals surface area contributed by atoms with Gasteiger partial charge < -0.3 is 4.74 Å². The molecule has 1 amide bonds. The number of hydrogen-bond donors (Lipinski definition) is 1. The molecule has 1 aromatic carbocycles. The summed E-state index contributed by atoms with van der Waals surface area (Å²) >= 11 is 6.02. The fourth-order valence-electron chi connectivity index (χ4n) is 1.54. The summed E-state index contributed by atoms with van der Waals surface area (Å²) in [5.41, 5.74) is 3.36. The average molecular weight is 227 g/mol. The Balaban J connectivity index is 2.23. The number of cyclic esters (lactones) is 1. The highest BCUT2D eigenvalue weighted by molar-refractivity contribution is 6.31. The second kappa shape index (κ2) is 4.08. The molecule has 5 heteroatoms. The molecule has 1 aromatic rings. The van der Waals surface area contributed by atoms with E-state index in [9.17, 15) is 4.79 Å². The quantitative estimate of drug-likeness (QED) is 0.796. The van der Waals surface area contributed by atoms with Gasteiger partial charge in [0.1, 0.15) is 6.10 Å². The molecular formula is C10H11ClN2O2. The zero-order valence-electron chi connectivity index (χ0n) is 8.24. The number of hydrazine groups is 1. The molecule has 1 unspecified atom stereocenters. The Morgan fingerprint density at radius 3 is 2.93 bits per heavy atom. The molecule has 0 saturated carbocycles. The number of amides is 1. The van der Waals surface area contributed by atoms with Gasteiger partial charge >= 0.3 is 6.09 Å². The van der Waals surface area contributed by atoms with Crippen molar-refractivity contribution in [2.45, 2.75) is 6.10 Å². The van der Waals surface area contributed by atoms with Crippen LogP contribution in [0.25, 0.3) is 0 Å². The molecule has 1 fully saturated rings. The van der Waals surface area contributed by atoms with Crippen molar-refractivity contribution >= 4 is 17.7 Å². The molecule has 80 valence electrons. The third-order valence-electron chi connectivity index (χ3n) is 2.22. The second-order valence-electron chi connectivity index (χ2n) is 3.41. The van der Waals surface area contributed by atoms with Crippen LogP contribution in [-0.4, -0.2) is 24.7 Å². The molecule has 1 aliphatic rings. The number of ether oxygens (including phenoxy) is 1. The first-order chi connectivity index (χ1) is 7.16. The second-order valence-corrected chi connectivity index (χ2v) is 3.81. The van der Waals surface area contributed by atoms with Crippen molar-refractivity contribution in [3.05, 3.63) is 34.9 Å². The maximum Gasteiger partial charge on any atom is 0.422 e. The van der Waals surface area contributed by atoms with Gasteiger partial charge in [-0.05, 0) is 6.07 Å². The molecule has 4 nitrogen and oxygen atoms in total. The summed E-state index contributed by atoms with van der Waals surface area (Å²) in [6.07, 6.45) is -0.758. The van der Waals surface area contributed by atoms with E-state index in [1.165, 1.54) is 0 Å². The zero-order chi connectivity index (χ0) is 10.8. The van der Waals surface area contributed by atoms with Crippen molar-refractivity contribution in [2.24, 2.45) is 0 Å². The first-order valence-corrected chi connectivity index (χ1v) is 4.97. The molecule has 1 heterocycles. The highest BCUT2D eigenvalue weighted by Gasteiger charge is 2.26. The van der Waals surface area contributed by atoms with Crippen LogP contribution in [-0.2, 0) is 4.74 Å². The predicted octanol–water partition coefficient (Wildman–Crippen LogP) is 1.97. The van der Waals surface area contributed by atoms with Gasteiger partial charge in [0.2, 0.25) is 0 Å². The lowest BCUT2D eigenvalue weighted by Crippen LogP contribution is -2.48. The average Bonchev–Trinajstić information content (AvgIpc) is 2.16. The number of nitrogens with zero attached hydrogens (tertiary/aromatic N) is 1. The van der Waals surface area contributed by atoms with Crippen LogP contribution >= 0.6 is 11.6 Å². The van der Waals surface area contributed by atoms with Gasteiger partial charge in [-0.25, -0.2) is 9.80 Å². The molecule has 0 radical (unpaired) electrons. The zero-order valence-corrected chi connectivity index (χ0v) is 8.99. The Bertz CT molecular complexity index is 383. The maximum absolute atomic E-state index is 11.2. The van der Waals surface area contributed by atoms with Gasteiger partial charge in [0.25, 0.3) is 0 Å². The minimum atomic E-state index is -0.450. The Hall–Kier alpha value is -1.26. The van der Waals surface area contributed by atoms with Crippen LogP contribution < -0.4 is 5.43 Å². The van der Waals surface area contributed by atoms with Gasteiger partial charge in [-0.3, -0.25) is 5.43 Å². The number of carbonyl (C=O) groups excluding carboxylic acids is 1. The smallest absolute Gasteiger partial charge is 0.422 e. The lowest BCUT2D eigenvalue weighted by atomic mass is 10.1. The molecule has 0 aromatic heterocycles. The first-order valence-electron chi connectivity index (χ1n) is 4.59. The fourth-order valence-corrected chi connectivity index (χ4v) is 1.80. The number of carbonyl (C=O) groups is 1. The van der Waals surface area contributed by atoms with Gasteiger partial charge in [-0.1, -0.05) is 29.8 Å². The molecule has 1 atom stereocenters. The SMILES string of the molecule is CN1CC(c2ccccc2Cl)OC(=O)N1. The van der Waals surface area contributed by atoms with E-state index < -0.39 is 6.09 Å². The molecule has 15 heavy (non-hydrogen) atoms. The van der Waals surface area contributed by atoms with Crippen LogP contribution in [0, 0.1) is 0 Å². The minimum absolute atomic E-state index is 0.308. The highest BCUT2D eigenvalue weighted by Crippen LogP contribution is 2.27. The van der Waals surface area contributed by atoms with Gasteiger partial charge in [-0.15, -0.1) is 0 Å². The van der Waals surface area contributed by atoms with Crippen LogP contribution in [0.5, 0.6) is 0 Å². The number of likely N-dealkylation sites (N-methyl/N-ethyl adjacent to an activating group) is 1. The Morgan fingerprint density at radius 2 is 2.27 bits per heavy atom. The Labute approximate surface area is 92.7 Å². The highest BCUT2D eigenvalue weighted by atomic mass is 35.5. The third-order valence-corrected chi connectivity index (χ3v) is 2.57. The van der Waals surface area contributed by atoms with E-state index in [2.05, 4.69) is 5.43 Å². The number of benzene rings is 1. The molecule has 1 saturated heterocycles. The van der Waals surface area contributed by atoms with E-state index in [0.717, 1.165) is 5.56 Å². The number of rotatable bonds is 1. The van der Waals surface area contributed by atoms with E-state index >= 15 is 0 Å². The normalized spacial score (nSPS) is 22.0. The monoisotopic (exact) mass is 226 g/mol. The molecule has 2 rings (SSSR count). The van der Waals surface area contributed by atoms with Crippen molar-refractivity contribution in [1.29, 1.82) is 0 Å². The Morgan fingerprint density at radius 1 is 1.53 bits per heavy atom. The Kier molecular flexibility index (Phi) is 2.79. The lowest BCUT2D eigenvalue weighted by molar-refractivity contribution is 0.0130. The summed E-state index contributed by atoms with van der Waals surface area (Å²) in [6, 6.07) is 7.36. The van der Waals surface area contributed by atoms with Crippen LogP contribution in [0.3, 0.4) is 0 Å². The van der Waals surface area contributed by atoms with Gasteiger partial charge in [-0.2, -0.15) is 0 Å². The topological polar surface area (TPSA) is 41.6 Å². The van der Waals surface area contributed by atoms with Crippen molar-refractivity contribution in [2.75, 3.05) is 13.6 Å². The summed E-state index contributed by atoms with van der Waals surface area (Å²) in [5, 5.41) is 2.30. The summed E-state index contributed by atoms with van der Waals surface area (Å²) in [7, 11) is 1.78. The van der Waals surface area contributed by atoms with Crippen molar-refractivity contribution in [3.63, 3.8) is 0 Å². The van der Waals surface area contributed by atoms with Crippen molar-refractivity contribution in [3.8, 4) is 0 Å². The number of halogens is 1. The molecule has 0 aliphatic carbocycles. The maximum atomic E-state index is 11.2. The summed E-state index contributed by atoms with van der Waals surface area (Å²) in [4.78, 5) is 11.2. The lowest BCUT2D eigenvalue weighted by Gasteiger charge is -2.30. The molecule has 1 aliphatic heterocycles. The van der Waals surface area contributed by atoms with E-state index in [0.29, 0.717) is 11.6 Å². The van der Waals surface area contributed by atoms with Crippen LogP contribution in [0.1, 0.15) is 11.7 Å². The largest absolute Gasteiger partial charge is 0.439 e. The fraction of sp³-hybridized carbons (Fsp3) is 0.300. The van der Waals surface area contributed by atoms with Crippen molar-refractivity contribution in [1.82, 2.24) is 10.4 Å². The van der Waals surface area contributed by atoms with Gasteiger partial charge in [0.15, 0.2) is 0 Å². The standard InChI is InChI=1S/C10H11ClN2O2/c1-13-6-9(15-10(14)12-13)7-4-2-3-5-8(7)11/h2-5,9H,6H2,1H3,(H,12,14). The molecule has 0 bridgehead atoms. The van der Waals surface area contributed by atoms with Gasteiger partial charge in [0, 0.05) is 17.6 Å². The predicted molar refractivity (Wildman–Crippen MR) is 56.4 cm³/mol. The van der Waals surface area contributed by atoms with Gasteiger partial charge in [0.05, 0.1) is 6.54 Å². The summed E-state index contributed by atoms with van der Waals surface area (Å²) < 4.78 is 5.15. The van der Waals surface area contributed by atoms with Crippen LogP contribution in [0.2, 0.25) is 5.02 Å². The van der Waals surface area contributed by atoms with Crippen molar-refractivity contribution < 1.29 is 9.53 Å². The van der Waals surface area contributed by atoms with E-state index in [1.54, 1.807) is 18.1 Å². The number of hydrogen-bond acceptors (Lipinski definition) is 3. The van der Waals surface area contributed by atoms with E-state index in [1.807, 2.05) is 18.2 Å². The molecule has 1 N–H and O–H groups in total. The molecule has 0 spiro atoms. The van der Waals surface area contributed by atoms with Crippen LogP contribution in [0.15, 0.2) is 24.3 Å². The minimum Gasteiger partial charge on any atom is -0.439 e.